The van der Waals surface area contributed by atoms with Crippen LogP contribution < -0.4 is 9.64 Å². The molecule has 0 aliphatic carbocycles. The normalized spacial score (nSPS) is 15.9. The second-order valence-corrected chi connectivity index (χ2v) is 11.5. The van der Waals surface area contributed by atoms with Crippen LogP contribution in [0, 0.1) is 27.7 Å². The highest BCUT2D eigenvalue weighted by atomic mass is 32.2. The van der Waals surface area contributed by atoms with Crippen molar-refractivity contribution < 1.29 is 22.7 Å². The molecule has 4 rings (SSSR count). The second kappa shape index (κ2) is 11.1. The molecule has 200 valence electrons. The monoisotopic (exact) mass is 534 g/mol. The molecule has 8 heteroatoms. The van der Waals surface area contributed by atoms with Gasteiger partial charge in [-0.15, -0.1) is 0 Å². The Bertz CT molecular complexity index is 1420. The molecule has 7 nitrogen and oxygen atoms in total. The number of benzene rings is 3. The highest BCUT2D eigenvalue weighted by molar-refractivity contribution is 7.89. The van der Waals surface area contributed by atoms with E-state index in [1.165, 1.54) is 4.31 Å². The van der Waals surface area contributed by atoms with Crippen LogP contribution in [-0.2, 0) is 26.0 Å². The van der Waals surface area contributed by atoms with Gasteiger partial charge >= 0.3 is 0 Å². The molecule has 0 saturated carbocycles. The van der Waals surface area contributed by atoms with Gasteiger partial charge in [0.1, 0.15) is 11.8 Å². The number of rotatable bonds is 9. The molecular weight excluding hydrogens is 500 g/mol. The minimum Gasteiger partial charge on any atom is -0.494 e. The molecule has 3 aromatic rings. The van der Waals surface area contributed by atoms with Gasteiger partial charge in [-0.25, -0.2) is 13.3 Å². The van der Waals surface area contributed by atoms with Crippen LogP contribution in [0.3, 0.4) is 0 Å². The first-order valence-electron chi connectivity index (χ1n) is 12.8. The lowest BCUT2D eigenvalue weighted by Gasteiger charge is -2.29. The maximum absolute atomic E-state index is 14.3. The van der Waals surface area contributed by atoms with E-state index in [1.807, 2.05) is 57.2 Å². The molecule has 0 aromatic heterocycles. The third-order valence-electron chi connectivity index (χ3n) is 7.20. The van der Waals surface area contributed by atoms with Crippen LogP contribution in [0.1, 0.15) is 41.2 Å². The van der Waals surface area contributed by atoms with E-state index in [1.54, 1.807) is 38.1 Å². The van der Waals surface area contributed by atoms with Crippen LogP contribution in [0.4, 0.5) is 5.69 Å². The van der Waals surface area contributed by atoms with Crippen LogP contribution >= 0.6 is 0 Å². The molecule has 1 heterocycles. The van der Waals surface area contributed by atoms with Gasteiger partial charge in [-0.1, -0.05) is 36.4 Å². The Hall–Kier alpha value is -3.49. The zero-order chi connectivity index (χ0) is 27.6. The molecule has 1 unspecified atom stereocenters. The van der Waals surface area contributed by atoms with Gasteiger partial charge in [-0.3, -0.25) is 9.59 Å². The molecule has 1 aliphatic rings. The lowest BCUT2D eigenvalue weighted by Crippen LogP contribution is -2.46. The Balaban J connectivity index is 1.75. The number of sulfonamides is 1. The Kier molecular flexibility index (Phi) is 8.04. The van der Waals surface area contributed by atoms with Crippen molar-refractivity contribution in [2.45, 2.75) is 58.4 Å². The van der Waals surface area contributed by atoms with Gasteiger partial charge in [0.15, 0.2) is 0 Å². The first-order chi connectivity index (χ1) is 18.1. The smallest absolute Gasteiger partial charge is 0.252 e. The summed E-state index contributed by atoms with van der Waals surface area (Å²) < 4.78 is 35.4. The van der Waals surface area contributed by atoms with Crippen molar-refractivity contribution in [3.8, 4) is 5.75 Å². The van der Waals surface area contributed by atoms with E-state index < -0.39 is 27.9 Å². The number of ether oxygens (including phenoxy) is 1. The van der Waals surface area contributed by atoms with Crippen molar-refractivity contribution in [1.82, 2.24) is 4.31 Å². The topological polar surface area (TPSA) is 84.0 Å². The van der Waals surface area contributed by atoms with Gasteiger partial charge in [-0.05, 0) is 93.1 Å². The molecule has 1 fully saturated rings. The third-order valence-corrected chi connectivity index (χ3v) is 9.39. The largest absolute Gasteiger partial charge is 0.494 e. The summed E-state index contributed by atoms with van der Waals surface area (Å²) >= 11 is 0. The Morgan fingerprint density at radius 2 is 1.53 bits per heavy atom. The molecular formula is C30H34N2O5S. The van der Waals surface area contributed by atoms with Gasteiger partial charge < -0.3 is 4.74 Å². The SMILES string of the molecule is CCOc1ccc(N2C(=O)CC(N(CCc3ccccc3)S(=O)(=O)c3c(C)c(C)cc(C)c3C)C2=O)cc1. The van der Waals surface area contributed by atoms with Gasteiger partial charge in [0.2, 0.25) is 15.9 Å². The number of nitrogens with zero attached hydrogens (tertiary/aromatic N) is 2. The maximum atomic E-state index is 14.3. The maximum Gasteiger partial charge on any atom is 0.252 e. The van der Waals surface area contributed by atoms with Gasteiger partial charge in [-0.2, -0.15) is 4.31 Å². The summed E-state index contributed by atoms with van der Waals surface area (Å²) in [4.78, 5) is 28.2. The van der Waals surface area contributed by atoms with E-state index in [9.17, 15) is 18.0 Å². The first kappa shape index (κ1) is 27.5. The van der Waals surface area contributed by atoms with Crippen LogP contribution in [0.25, 0.3) is 0 Å². The Labute approximate surface area is 225 Å². The predicted octanol–water partition coefficient (Wildman–Crippen LogP) is 4.88. The van der Waals surface area contributed by atoms with Crippen molar-refractivity contribution in [3.63, 3.8) is 0 Å². The average molecular weight is 535 g/mol. The van der Waals surface area contributed by atoms with Gasteiger partial charge in [0.25, 0.3) is 5.91 Å². The zero-order valence-electron chi connectivity index (χ0n) is 22.5. The minimum atomic E-state index is -4.12. The molecule has 3 aromatic carbocycles. The molecule has 0 spiro atoms. The molecule has 1 saturated heterocycles. The van der Waals surface area contributed by atoms with Crippen molar-refractivity contribution in [2.75, 3.05) is 18.1 Å². The van der Waals surface area contributed by atoms with E-state index in [0.29, 0.717) is 35.6 Å². The lowest BCUT2D eigenvalue weighted by atomic mass is 10.0. The molecule has 0 bridgehead atoms. The zero-order valence-corrected chi connectivity index (χ0v) is 23.3. The number of hydrogen-bond acceptors (Lipinski definition) is 5. The molecule has 2 amide bonds. The third kappa shape index (κ3) is 5.24. The Morgan fingerprint density at radius 3 is 2.11 bits per heavy atom. The fourth-order valence-electron chi connectivity index (χ4n) is 4.98. The van der Waals surface area contributed by atoms with Gasteiger partial charge in [0, 0.05) is 6.54 Å². The summed E-state index contributed by atoms with van der Waals surface area (Å²) in [7, 11) is -4.12. The summed E-state index contributed by atoms with van der Waals surface area (Å²) in [5.41, 5.74) is 4.36. The summed E-state index contributed by atoms with van der Waals surface area (Å²) in [5.74, 6) is -0.354. The fourth-order valence-corrected chi connectivity index (χ4v) is 7.14. The fraction of sp³-hybridized carbons (Fsp3) is 0.333. The number of carbonyl (C=O) groups excluding carboxylic acids is 2. The first-order valence-corrected chi connectivity index (χ1v) is 14.2. The Morgan fingerprint density at radius 1 is 0.921 bits per heavy atom. The molecule has 38 heavy (non-hydrogen) atoms. The molecule has 1 atom stereocenters. The minimum absolute atomic E-state index is 0.0685. The number of hydrogen-bond donors (Lipinski definition) is 0. The molecule has 1 aliphatic heterocycles. The summed E-state index contributed by atoms with van der Waals surface area (Å²) in [6, 6.07) is 17.0. The summed E-state index contributed by atoms with van der Waals surface area (Å²) in [6.07, 6.45) is 0.187. The average Bonchev–Trinajstić information content (AvgIpc) is 3.17. The molecule has 0 radical (unpaired) electrons. The van der Waals surface area contributed by atoms with E-state index in [2.05, 4.69) is 0 Å². The number of amides is 2. The van der Waals surface area contributed by atoms with Crippen LogP contribution in [0.2, 0.25) is 0 Å². The number of anilines is 1. The number of imide groups is 1. The van der Waals surface area contributed by atoms with Crippen molar-refractivity contribution in [2.24, 2.45) is 0 Å². The number of carbonyl (C=O) groups is 2. The summed E-state index contributed by atoms with van der Waals surface area (Å²) in [6.45, 7) is 9.78. The van der Waals surface area contributed by atoms with E-state index >= 15 is 0 Å². The standard InChI is InChI=1S/C30H34N2O5S/c1-6-37-26-14-12-25(13-15-26)32-28(33)19-27(30(32)34)31(17-16-24-10-8-7-9-11-24)38(35,36)29-22(4)20(2)18-21(3)23(29)5/h7-15,18,27H,6,16-17,19H2,1-5H3. The van der Waals surface area contributed by atoms with Crippen molar-refractivity contribution in [3.05, 3.63) is 88.5 Å². The van der Waals surface area contributed by atoms with Crippen LogP contribution in [0.15, 0.2) is 65.6 Å². The molecule has 0 N–H and O–H groups in total. The lowest BCUT2D eigenvalue weighted by molar-refractivity contribution is -0.122. The quantitative estimate of drug-likeness (QED) is 0.365. The highest BCUT2D eigenvalue weighted by Crippen LogP contribution is 2.34. The van der Waals surface area contributed by atoms with E-state index in [0.717, 1.165) is 21.6 Å². The van der Waals surface area contributed by atoms with Crippen LogP contribution in [0.5, 0.6) is 5.75 Å². The van der Waals surface area contributed by atoms with E-state index in [-0.39, 0.29) is 17.9 Å². The number of aryl methyl sites for hydroxylation is 2. The second-order valence-electron chi connectivity index (χ2n) is 9.66. The van der Waals surface area contributed by atoms with Gasteiger partial charge in [0.05, 0.1) is 23.6 Å². The van der Waals surface area contributed by atoms with Crippen LogP contribution in [-0.4, -0.2) is 43.7 Å². The summed E-state index contributed by atoms with van der Waals surface area (Å²) in [5, 5.41) is 0. The predicted molar refractivity (Wildman–Crippen MR) is 148 cm³/mol. The van der Waals surface area contributed by atoms with Crippen molar-refractivity contribution >= 4 is 27.5 Å². The van der Waals surface area contributed by atoms with E-state index in [4.69, 9.17) is 4.74 Å². The van der Waals surface area contributed by atoms with Crippen molar-refractivity contribution in [1.29, 1.82) is 0 Å². The highest BCUT2D eigenvalue weighted by Gasteiger charge is 2.47.